The molecule has 0 aromatic heterocycles. The minimum absolute atomic E-state index is 0. The number of rotatable bonds is 9. The van der Waals surface area contributed by atoms with E-state index in [0.29, 0.717) is 31.7 Å². The Morgan fingerprint density at radius 2 is 1.38 bits per heavy atom. The van der Waals surface area contributed by atoms with Crippen molar-refractivity contribution in [2.75, 3.05) is 52.9 Å². The molecule has 1 atom stereocenters. The fraction of sp³-hybridized carbons (Fsp3) is 0.724. The third kappa shape index (κ3) is 8.95. The zero-order chi connectivity index (χ0) is 25.7. The number of hydrogen-bond donors (Lipinski definition) is 1. The van der Waals surface area contributed by atoms with Crippen molar-refractivity contribution in [3.8, 4) is 0 Å². The average Bonchev–Trinajstić information content (AvgIpc) is 2.86. The molecule has 0 aliphatic carbocycles. The summed E-state index contributed by atoms with van der Waals surface area (Å²) in [6, 6.07) is 8.69. The summed E-state index contributed by atoms with van der Waals surface area (Å²) >= 11 is 0. The zero-order valence-corrected chi connectivity index (χ0v) is 26.6. The number of halogens is 3. The van der Waals surface area contributed by atoms with Crippen molar-refractivity contribution < 1.29 is 9.59 Å². The summed E-state index contributed by atoms with van der Waals surface area (Å²) in [5.41, 5.74) is 2.01. The van der Waals surface area contributed by atoms with Crippen LogP contribution in [0.4, 0.5) is 0 Å². The topological polar surface area (TPSA) is 59.1 Å². The molecule has 224 valence electrons. The van der Waals surface area contributed by atoms with Gasteiger partial charge in [-0.05, 0) is 49.8 Å². The summed E-state index contributed by atoms with van der Waals surface area (Å²) in [6.07, 6.45) is 4.10. The average molecular weight is 607 g/mol. The van der Waals surface area contributed by atoms with Crippen LogP contribution in [0.1, 0.15) is 64.0 Å². The summed E-state index contributed by atoms with van der Waals surface area (Å²) in [7, 11) is 2.19. The second kappa shape index (κ2) is 16.4. The van der Waals surface area contributed by atoms with Gasteiger partial charge in [-0.3, -0.25) is 19.4 Å². The van der Waals surface area contributed by atoms with E-state index in [-0.39, 0.29) is 55.1 Å². The van der Waals surface area contributed by atoms with Gasteiger partial charge in [0, 0.05) is 58.9 Å². The number of carbonyl (C=O) groups excluding carboxylic acids is 2. The van der Waals surface area contributed by atoms with Crippen LogP contribution in [0.25, 0.3) is 0 Å². The number of nitrogens with one attached hydrogen (secondary N) is 1. The summed E-state index contributed by atoms with van der Waals surface area (Å²) in [5.74, 6) is 0.564. The third-order valence-electron chi connectivity index (χ3n) is 8.37. The maximum Gasteiger partial charge on any atom is 0.246 e. The summed E-state index contributed by atoms with van der Waals surface area (Å²) in [4.78, 5) is 36.2. The van der Waals surface area contributed by atoms with Crippen molar-refractivity contribution >= 4 is 49.0 Å². The van der Waals surface area contributed by atoms with Crippen molar-refractivity contribution in [2.24, 2.45) is 5.92 Å². The Bertz CT molecular complexity index is 885. The molecule has 0 radical (unpaired) electrons. The van der Waals surface area contributed by atoms with Gasteiger partial charge in [-0.25, -0.2) is 0 Å². The smallest absolute Gasteiger partial charge is 0.246 e. The van der Waals surface area contributed by atoms with Crippen LogP contribution in [0.5, 0.6) is 0 Å². The highest BCUT2D eigenvalue weighted by Gasteiger charge is 2.53. The second-order valence-corrected chi connectivity index (χ2v) is 11.7. The lowest BCUT2D eigenvalue weighted by Gasteiger charge is -2.52. The molecule has 7 nitrogen and oxygen atoms in total. The monoisotopic (exact) mass is 605 g/mol. The lowest BCUT2D eigenvalue weighted by atomic mass is 9.80. The number of nitrogens with zero attached hydrogens (tertiary/aromatic N) is 4. The zero-order valence-electron chi connectivity index (χ0n) is 24.2. The van der Waals surface area contributed by atoms with Crippen LogP contribution in [0.3, 0.4) is 0 Å². The molecule has 3 heterocycles. The molecule has 3 aliphatic heterocycles. The number of amides is 2. The van der Waals surface area contributed by atoms with Gasteiger partial charge in [0.25, 0.3) is 0 Å². The van der Waals surface area contributed by atoms with E-state index in [4.69, 9.17) is 0 Å². The largest absolute Gasteiger partial charge is 0.342 e. The Labute approximate surface area is 254 Å². The maximum atomic E-state index is 13.4. The van der Waals surface area contributed by atoms with E-state index < -0.39 is 5.54 Å². The molecule has 4 rings (SSSR count). The van der Waals surface area contributed by atoms with Crippen molar-refractivity contribution in [3.05, 3.63) is 35.4 Å². The van der Waals surface area contributed by atoms with E-state index in [2.05, 4.69) is 72.1 Å². The Morgan fingerprint density at radius 1 is 0.872 bits per heavy atom. The van der Waals surface area contributed by atoms with Gasteiger partial charge in [-0.2, -0.15) is 0 Å². The molecule has 3 fully saturated rings. The number of hydrogen-bond acceptors (Lipinski definition) is 5. The molecule has 3 saturated heterocycles. The fourth-order valence-electron chi connectivity index (χ4n) is 6.00. The van der Waals surface area contributed by atoms with Gasteiger partial charge in [-0.1, -0.05) is 51.5 Å². The molecule has 2 amide bonds. The lowest BCUT2D eigenvalue weighted by molar-refractivity contribution is -0.161. The standard InChI is InChI=1S/C29H47N5O2.3ClH/c1-5-6-13-34-27(35)26(20-23(2)3)30-28(36)29(34)11-14-32(15-12-29)21-24-7-9-25(10-8-24)22-33-18-16-31(4)17-19-33;;;/h7-10,23,26H,5-6,11-22H2,1-4H3,(H,30,36);3*1H/t26-;;;/m0.../s1. The van der Waals surface area contributed by atoms with Gasteiger partial charge in [0.05, 0.1) is 0 Å². The Balaban J connectivity index is 0.00000253. The van der Waals surface area contributed by atoms with Crippen LogP contribution in [-0.2, 0) is 22.7 Å². The van der Waals surface area contributed by atoms with E-state index >= 15 is 0 Å². The molecule has 0 bridgehead atoms. The molecule has 0 saturated carbocycles. The number of carbonyl (C=O) groups is 2. The van der Waals surface area contributed by atoms with Gasteiger partial charge in [0.15, 0.2) is 0 Å². The molecule has 1 aromatic rings. The predicted octanol–water partition coefficient (Wildman–Crippen LogP) is 4.21. The van der Waals surface area contributed by atoms with E-state index in [9.17, 15) is 9.59 Å². The Morgan fingerprint density at radius 3 is 1.87 bits per heavy atom. The Kier molecular flexibility index (Phi) is 15.1. The first-order valence-electron chi connectivity index (χ1n) is 14.1. The molecule has 1 spiro atoms. The number of piperidine rings is 1. The third-order valence-corrected chi connectivity index (χ3v) is 8.37. The van der Waals surface area contributed by atoms with Crippen LogP contribution in [0, 0.1) is 5.92 Å². The number of likely N-dealkylation sites (N-methyl/N-ethyl adjacent to an activating group) is 1. The van der Waals surface area contributed by atoms with Crippen molar-refractivity contribution in [2.45, 2.75) is 77.5 Å². The minimum Gasteiger partial charge on any atom is -0.342 e. The summed E-state index contributed by atoms with van der Waals surface area (Å²) in [6.45, 7) is 15.2. The molecular weight excluding hydrogens is 557 g/mol. The SMILES string of the molecule is CCCCN1C(=O)[C@H](CC(C)C)NC(=O)C12CCN(Cc1ccc(CN3CCN(C)CC3)cc1)CC2.Cl.Cl.Cl. The van der Waals surface area contributed by atoms with Crippen LogP contribution in [-0.4, -0.2) is 95.9 Å². The van der Waals surface area contributed by atoms with E-state index in [1.165, 1.54) is 11.1 Å². The molecule has 3 aliphatic rings. The number of likely N-dealkylation sites (tertiary alicyclic amines) is 1. The number of benzene rings is 1. The van der Waals surface area contributed by atoms with Crippen molar-refractivity contribution in [3.63, 3.8) is 0 Å². The highest BCUT2D eigenvalue weighted by atomic mass is 35.5. The quantitative estimate of drug-likeness (QED) is 0.457. The summed E-state index contributed by atoms with van der Waals surface area (Å²) in [5, 5.41) is 3.12. The van der Waals surface area contributed by atoms with Crippen LogP contribution in [0.2, 0.25) is 0 Å². The first-order chi connectivity index (χ1) is 17.3. The van der Waals surface area contributed by atoms with E-state index in [1.54, 1.807) is 0 Å². The maximum absolute atomic E-state index is 13.4. The molecule has 0 unspecified atom stereocenters. The minimum atomic E-state index is -0.678. The lowest BCUT2D eigenvalue weighted by Crippen LogP contribution is -2.73. The van der Waals surface area contributed by atoms with Crippen LogP contribution < -0.4 is 5.32 Å². The second-order valence-electron chi connectivity index (χ2n) is 11.7. The van der Waals surface area contributed by atoms with E-state index in [0.717, 1.165) is 65.2 Å². The molecule has 10 heteroatoms. The Hall–Kier alpha value is -1.09. The van der Waals surface area contributed by atoms with Crippen molar-refractivity contribution in [1.29, 1.82) is 0 Å². The first-order valence-corrected chi connectivity index (χ1v) is 14.1. The van der Waals surface area contributed by atoms with Crippen LogP contribution in [0.15, 0.2) is 24.3 Å². The highest BCUT2D eigenvalue weighted by Crippen LogP contribution is 2.34. The molecule has 39 heavy (non-hydrogen) atoms. The van der Waals surface area contributed by atoms with Gasteiger partial charge in [0.1, 0.15) is 11.6 Å². The first kappa shape index (κ1) is 35.9. The molecule has 1 N–H and O–H groups in total. The highest BCUT2D eigenvalue weighted by molar-refractivity contribution is 6.00. The van der Waals surface area contributed by atoms with Gasteiger partial charge >= 0.3 is 0 Å². The fourth-order valence-corrected chi connectivity index (χ4v) is 6.00. The molecular formula is C29H50Cl3N5O2. The van der Waals surface area contributed by atoms with Crippen molar-refractivity contribution in [1.82, 2.24) is 24.9 Å². The van der Waals surface area contributed by atoms with E-state index in [1.807, 2.05) is 4.90 Å². The van der Waals surface area contributed by atoms with Gasteiger partial charge < -0.3 is 15.1 Å². The molecule has 1 aromatic carbocycles. The number of piperazine rings is 2. The van der Waals surface area contributed by atoms with Crippen LogP contribution >= 0.6 is 37.2 Å². The predicted molar refractivity (Wildman–Crippen MR) is 166 cm³/mol. The van der Waals surface area contributed by atoms with Gasteiger partial charge in [0.2, 0.25) is 11.8 Å². The van der Waals surface area contributed by atoms with Gasteiger partial charge in [-0.15, -0.1) is 37.2 Å². The normalized spacial score (nSPS) is 22.2. The summed E-state index contributed by atoms with van der Waals surface area (Å²) < 4.78 is 0. The number of unbranched alkanes of at least 4 members (excludes halogenated alkanes) is 1.